The van der Waals surface area contributed by atoms with Gasteiger partial charge in [0, 0.05) is 31.9 Å². The third-order valence-corrected chi connectivity index (χ3v) is 4.65. The topological polar surface area (TPSA) is 82.1 Å². The van der Waals surface area contributed by atoms with Crippen molar-refractivity contribution in [2.24, 2.45) is 0 Å². The van der Waals surface area contributed by atoms with Crippen LogP contribution in [0.5, 0.6) is 5.75 Å². The smallest absolute Gasteiger partial charge is 0.340 e. The number of piperazine rings is 1. The Hall–Kier alpha value is -3.06. The second-order valence-electron chi connectivity index (χ2n) is 6.59. The van der Waals surface area contributed by atoms with Crippen molar-refractivity contribution in [3.05, 3.63) is 54.1 Å². The van der Waals surface area contributed by atoms with Crippen molar-refractivity contribution in [3.63, 3.8) is 0 Å². The molecule has 0 atom stereocenters. The van der Waals surface area contributed by atoms with Gasteiger partial charge < -0.3 is 20.1 Å². The summed E-state index contributed by atoms with van der Waals surface area (Å²) in [5, 5.41) is 12.2. The molecule has 1 heterocycles. The summed E-state index contributed by atoms with van der Waals surface area (Å²) in [6.45, 7) is 5.42. The third kappa shape index (κ3) is 5.01. The predicted octanol–water partition coefficient (Wildman–Crippen LogP) is 2.33. The molecule has 2 aromatic rings. The molecule has 0 unspecified atom stereocenters. The van der Waals surface area contributed by atoms with Gasteiger partial charge in [-0.25, -0.2) is 4.79 Å². The molecule has 1 fully saturated rings. The molecular weight excluding hydrogens is 358 g/mol. The highest BCUT2D eigenvalue weighted by atomic mass is 16.5. The quantitative estimate of drug-likeness (QED) is 0.745. The Morgan fingerprint density at radius 1 is 1.04 bits per heavy atom. The number of amides is 1. The fraction of sp³-hybridized carbons (Fsp3) is 0.333. The predicted molar refractivity (Wildman–Crippen MR) is 108 cm³/mol. The zero-order valence-electron chi connectivity index (χ0n) is 15.9. The van der Waals surface area contributed by atoms with Crippen molar-refractivity contribution in [1.82, 2.24) is 4.90 Å². The summed E-state index contributed by atoms with van der Waals surface area (Å²) in [7, 11) is 0. The summed E-state index contributed by atoms with van der Waals surface area (Å²) in [5.41, 5.74) is 1.88. The van der Waals surface area contributed by atoms with E-state index >= 15 is 0 Å². The zero-order valence-corrected chi connectivity index (χ0v) is 15.9. The minimum Gasteiger partial charge on any atom is -0.508 e. The van der Waals surface area contributed by atoms with E-state index in [0.29, 0.717) is 11.3 Å². The lowest BCUT2D eigenvalue weighted by molar-refractivity contribution is -0.117. The molecule has 0 aromatic heterocycles. The Labute approximate surface area is 164 Å². The van der Waals surface area contributed by atoms with Gasteiger partial charge in [0.1, 0.15) is 5.75 Å². The van der Waals surface area contributed by atoms with Crippen molar-refractivity contribution in [2.75, 3.05) is 49.5 Å². The van der Waals surface area contributed by atoms with Gasteiger partial charge in [-0.1, -0.05) is 12.1 Å². The van der Waals surface area contributed by atoms with E-state index < -0.39 is 5.97 Å². The number of phenols is 1. The molecule has 28 heavy (non-hydrogen) atoms. The van der Waals surface area contributed by atoms with Crippen LogP contribution < -0.4 is 10.2 Å². The van der Waals surface area contributed by atoms with Crippen LogP contribution in [0.1, 0.15) is 17.3 Å². The van der Waals surface area contributed by atoms with Crippen LogP contribution in [0.15, 0.2) is 48.5 Å². The molecule has 1 saturated heterocycles. The molecule has 3 rings (SSSR count). The van der Waals surface area contributed by atoms with E-state index in [-0.39, 0.29) is 24.8 Å². The fourth-order valence-electron chi connectivity index (χ4n) is 3.20. The van der Waals surface area contributed by atoms with Gasteiger partial charge in [-0.2, -0.15) is 0 Å². The first-order valence-corrected chi connectivity index (χ1v) is 9.39. The molecule has 0 aliphatic carbocycles. The zero-order chi connectivity index (χ0) is 19.9. The van der Waals surface area contributed by atoms with E-state index in [1.54, 1.807) is 43.3 Å². The Balaban J connectivity index is 1.53. The minimum atomic E-state index is -0.444. The number of nitrogens with zero attached hydrogens (tertiary/aromatic N) is 2. The number of ether oxygens (including phenoxy) is 1. The molecule has 2 aromatic carbocycles. The maximum Gasteiger partial charge on any atom is 0.340 e. The highest BCUT2D eigenvalue weighted by Gasteiger charge is 2.20. The van der Waals surface area contributed by atoms with Crippen molar-refractivity contribution >= 4 is 23.3 Å². The Morgan fingerprint density at radius 2 is 1.71 bits per heavy atom. The SMILES string of the molecule is CCOC(=O)c1ccccc1NC(=O)CN1CCN(c2ccc(O)cc2)CC1. The van der Waals surface area contributed by atoms with E-state index in [4.69, 9.17) is 4.74 Å². The average Bonchev–Trinajstić information content (AvgIpc) is 2.70. The van der Waals surface area contributed by atoms with Gasteiger partial charge in [0.25, 0.3) is 0 Å². The number of hydrogen-bond acceptors (Lipinski definition) is 6. The second-order valence-corrected chi connectivity index (χ2v) is 6.59. The number of aromatic hydroxyl groups is 1. The number of esters is 1. The van der Waals surface area contributed by atoms with Crippen LogP contribution in [-0.2, 0) is 9.53 Å². The molecule has 0 spiro atoms. The van der Waals surface area contributed by atoms with Crippen LogP contribution in [0.4, 0.5) is 11.4 Å². The average molecular weight is 383 g/mol. The number of carbonyl (C=O) groups excluding carboxylic acids is 2. The first-order chi connectivity index (χ1) is 13.6. The van der Waals surface area contributed by atoms with Crippen LogP contribution in [0.25, 0.3) is 0 Å². The van der Waals surface area contributed by atoms with E-state index in [1.807, 2.05) is 12.1 Å². The van der Waals surface area contributed by atoms with Crippen molar-refractivity contribution in [1.29, 1.82) is 0 Å². The monoisotopic (exact) mass is 383 g/mol. The summed E-state index contributed by atoms with van der Waals surface area (Å²) in [5.74, 6) is -0.349. The Bertz CT molecular complexity index is 815. The number of para-hydroxylation sites is 1. The van der Waals surface area contributed by atoms with Crippen LogP contribution in [0.2, 0.25) is 0 Å². The summed E-state index contributed by atoms with van der Waals surface area (Å²) in [6, 6.07) is 14.0. The minimum absolute atomic E-state index is 0.158. The highest BCUT2D eigenvalue weighted by molar-refractivity contribution is 6.01. The summed E-state index contributed by atoms with van der Waals surface area (Å²) < 4.78 is 5.04. The van der Waals surface area contributed by atoms with E-state index in [1.165, 1.54) is 0 Å². The van der Waals surface area contributed by atoms with Crippen molar-refractivity contribution < 1.29 is 19.4 Å². The van der Waals surface area contributed by atoms with Gasteiger partial charge in [-0.15, -0.1) is 0 Å². The second kappa shape index (κ2) is 9.23. The van der Waals surface area contributed by atoms with Crippen molar-refractivity contribution in [3.8, 4) is 5.75 Å². The number of anilines is 2. The van der Waals surface area contributed by atoms with Gasteiger partial charge >= 0.3 is 5.97 Å². The molecule has 2 N–H and O–H groups in total. The fourth-order valence-corrected chi connectivity index (χ4v) is 3.20. The number of rotatable bonds is 6. The molecule has 1 aliphatic rings. The molecule has 0 bridgehead atoms. The van der Waals surface area contributed by atoms with E-state index in [9.17, 15) is 14.7 Å². The van der Waals surface area contributed by atoms with Gasteiger partial charge in [0.2, 0.25) is 5.91 Å². The number of phenolic OH excluding ortho intramolecular Hbond substituents is 1. The number of hydrogen-bond donors (Lipinski definition) is 2. The van der Waals surface area contributed by atoms with Crippen molar-refractivity contribution in [2.45, 2.75) is 6.92 Å². The lowest BCUT2D eigenvalue weighted by Crippen LogP contribution is -2.48. The normalized spacial score (nSPS) is 14.5. The van der Waals surface area contributed by atoms with Crippen LogP contribution in [0.3, 0.4) is 0 Å². The molecule has 1 aliphatic heterocycles. The Kier molecular flexibility index (Phi) is 6.49. The van der Waals surface area contributed by atoms with E-state index in [0.717, 1.165) is 31.9 Å². The van der Waals surface area contributed by atoms with Gasteiger partial charge in [0.05, 0.1) is 24.4 Å². The summed E-state index contributed by atoms with van der Waals surface area (Å²) in [4.78, 5) is 28.8. The van der Waals surface area contributed by atoms with E-state index in [2.05, 4.69) is 15.1 Å². The molecule has 7 nitrogen and oxygen atoms in total. The van der Waals surface area contributed by atoms with Gasteiger partial charge in [-0.05, 0) is 43.3 Å². The summed E-state index contributed by atoms with van der Waals surface area (Å²) >= 11 is 0. The highest BCUT2D eigenvalue weighted by Crippen LogP contribution is 2.20. The largest absolute Gasteiger partial charge is 0.508 e. The first kappa shape index (κ1) is 19.7. The molecule has 148 valence electrons. The third-order valence-electron chi connectivity index (χ3n) is 4.65. The molecule has 1 amide bonds. The number of carbonyl (C=O) groups is 2. The molecule has 0 radical (unpaired) electrons. The summed E-state index contributed by atoms with van der Waals surface area (Å²) in [6.07, 6.45) is 0. The maximum atomic E-state index is 12.5. The molecule has 0 saturated carbocycles. The van der Waals surface area contributed by atoms with Crippen LogP contribution in [-0.4, -0.2) is 61.2 Å². The Morgan fingerprint density at radius 3 is 2.39 bits per heavy atom. The molecular formula is C21H25N3O4. The number of benzene rings is 2. The lowest BCUT2D eigenvalue weighted by Gasteiger charge is -2.35. The standard InChI is InChI=1S/C21H25N3O4/c1-2-28-21(27)18-5-3-4-6-19(18)22-20(26)15-23-11-13-24(14-12-23)16-7-9-17(25)10-8-16/h3-10,25H,2,11-15H2,1H3,(H,22,26). The van der Waals surface area contributed by atoms with Gasteiger partial charge in [0.15, 0.2) is 0 Å². The first-order valence-electron chi connectivity index (χ1n) is 9.39. The van der Waals surface area contributed by atoms with Crippen LogP contribution in [0, 0.1) is 0 Å². The van der Waals surface area contributed by atoms with Gasteiger partial charge in [-0.3, -0.25) is 9.69 Å². The number of nitrogens with one attached hydrogen (secondary N) is 1. The van der Waals surface area contributed by atoms with Crippen LogP contribution >= 0.6 is 0 Å². The molecule has 7 heteroatoms. The maximum absolute atomic E-state index is 12.5. The lowest BCUT2D eigenvalue weighted by atomic mass is 10.1.